The van der Waals surface area contributed by atoms with E-state index in [2.05, 4.69) is 66.9 Å². The molecule has 0 heterocycles. The molecule has 0 aromatic carbocycles. The number of hydrogen-bond acceptors (Lipinski definition) is 1. The van der Waals surface area contributed by atoms with Gasteiger partial charge in [0.2, 0.25) is 0 Å². The van der Waals surface area contributed by atoms with Crippen LogP contribution in [0.3, 0.4) is 0 Å². The van der Waals surface area contributed by atoms with E-state index in [0.29, 0.717) is 16.6 Å². The van der Waals surface area contributed by atoms with E-state index in [1.165, 1.54) is 0 Å². The van der Waals surface area contributed by atoms with Crippen LogP contribution >= 0.6 is 0 Å². The molecule has 0 spiro atoms. The Labute approximate surface area is 126 Å². The minimum Gasteiger partial charge on any atom is -0.545 e. The molecule has 0 amide bonds. The third kappa shape index (κ3) is 3.17. The normalized spacial score (nSPS) is 16.6. The lowest BCUT2D eigenvalue weighted by molar-refractivity contribution is 0.362. The maximum absolute atomic E-state index is 6.69. The third-order valence-electron chi connectivity index (χ3n) is 4.46. The summed E-state index contributed by atoms with van der Waals surface area (Å²) in [6.07, 6.45) is 7.01. The number of rotatable bonds is 6. The molecule has 1 nitrogen and oxygen atoms in total. The summed E-state index contributed by atoms with van der Waals surface area (Å²) in [4.78, 5) is 0. The Morgan fingerprint density at radius 2 is 1.60 bits per heavy atom. The molecule has 1 aliphatic rings. The first-order valence-electron chi connectivity index (χ1n) is 7.67. The fraction of sp³-hybridized carbons (Fsp3) is 0.556. The van der Waals surface area contributed by atoms with Gasteiger partial charge in [0.1, 0.15) is 0 Å². The van der Waals surface area contributed by atoms with Gasteiger partial charge in [0.25, 0.3) is 8.32 Å². The van der Waals surface area contributed by atoms with Gasteiger partial charge in [-0.15, -0.1) is 0 Å². The second-order valence-corrected chi connectivity index (χ2v) is 12.0. The van der Waals surface area contributed by atoms with E-state index in [4.69, 9.17) is 4.43 Å². The number of hydrogen-bond donors (Lipinski definition) is 0. The molecule has 20 heavy (non-hydrogen) atoms. The molecule has 0 N–H and O–H groups in total. The molecule has 0 saturated heterocycles. The molecular weight excluding hydrogens is 260 g/mol. The molecule has 0 fully saturated rings. The molecule has 0 aromatic heterocycles. The predicted octanol–water partition coefficient (Wildman–Crippen LogP) is 6.13. The van der Waals surface area contributed by atoms with Crippen molar-refractivity contribution in [2.24, 2.45) is 0 Å². The average Bonchev–Trinajstić information content (AvgIpc) is 2.34. The highest BCUT2D eigenvalue weighted by Crippen LogP contribution is 2.44. The quantitative estimate of drug-likeness (QED) is 0.534. The van der Waals surface area contributed by atoms with Gasteiger partial charge in [-0.1, -0.05) is 66.9 Å². The second kappa shape index (κ2) is 6.62. The van der Waals surface area contributed by atoms with Gasteiger partial charge in [-0.25, -0.2) is 0 Å². The molecule has 2 heteroatoms. The molecule has 0 aromatic rings. The van der Waals surface area contributed by atoms with Crippen LogP contribution < -0.4 is 0 Å². The van der Waals surface area contributed by atoms with Crippen LogP contribution in [-0.2, 0) is 4.43 Å². The van der Waals surface area contributed by atoms with E-state index in [0.717, 1.165) is 23.3 Å². The molecule has 0 aliphatic heterocycles. The van der Waals surface area contributed by atoms with Gasteiger partial charge in [0.05, 0.1) is 5.76 Å². The van der Waals surface area contributed by atoms with E-state index in [1.54, 1.807) is 0 Å². The van der Waals surface area contributed by atoms with Crippen LogP contribution in [0.25, 0.3) is 0 Å². The Morgan fingerprint density at radius 1 is 1.10 bits per heavy atom. The third-order valence-corrected chi connectivity index (χ3v) is 10.5. The van der Waals surface area contributed by atoms with Crippen LogP contribution in [0.15, 0.2) is 48.3 Å². The fourth-order valence-corrected chi connectivity index (χ4v) is 8.85. The topological polar surface area (TPSA) is 9.23 Å². The van der Waals surface area contributed by atoms with Gasteiger partial charge in [-0.2, -0.15) is 0 Å². The van der Waals surface area contributed by atoms with Crippen molar-refractivity contribution in [3.05, 3.63) is 48.3 Å². The molecule has 0 bridgehead atoms. The minimum atomic E-state index is -1.84. The van der Waals surface area contributed by atoms with E-state index >= 15 is 0 Å². The lowest BCUT2D eigenvalue weighted by atomic mass is 10.0. The first-order valence-corrected chi connectivity index (χ1v) is 9.81. The van der Waals surface area contributed by atoms with Crippen molar-refractivity contribution in [2.75, 3.05) is 0 Å². The maximum atomic E-state index is 6.69. The first kappa shape index (κ1) is 17.0. The highest BCUT2D eigenvalue weighted by Gasteiger charge is 2.47. The lowest BCUT2D eigenvalue weighted by Crippen LogP contribution is -2.47. The van der Waals surface area contributed by atoms with Gasteiger partial charge >= 0.3 is 0 Å². The molecule has 0 atom stereocenters. The van der Waals surface area contributed by atoms with E-state index in [9.17, 15) is 0 Å². The van der Waals surface area contributed by atoms with Gasteiger partial charge < -0.3 is 4.43 Å². The Kier molecular flexibility index (Phi) is 5.64. The molecule has 1 rings (SSSR count). The Balaban J connectivity index is 3.05. The van der Waals surface area contributed by atoms with Crippen molar-refractivity contribution < 1.29 is 4.43 Å². The monoisotopic (exact) mass is 290 g/mol. The zero-order chi connectivity index (χ0) is 15.5. The van der Waals surface area contributed by atoms with Crippen molar-refractivity contribution in [1.29, 1.82) is 0 Å². The zero-order valence-corrected chi connectivity index (χ0v) is 15.0. The van der Waals surface area contributed by atoms with Gasteiger partial charge in [-0.05, 0) is 33.8 Å². The average molecular weight is 291 g/mol. The van der Waals surface area contributed by atoms with E-state index < -0.39 is 8.32 Å². The molecule has 0 radical (unpaired) electrons. The first-order chi connectivity index (χ1) is 9.25. The summed E-state index contributed by atoms with van der Waals surface area (Å²) >= 11 is 0. The van der Waals surface area contributed by atoms with E-state index in [-0.39, 0.29) is 0 Å². The van der Waals surface area contributed by atoms with Crippen LogP contribution in [0, 0.1) is 0 Å². The minimum absolute atomic E-state index is 0.599. The van der Waals surface area contributed by atoms with Crippen LogP contribution in [0.2, 0.25) is 16.6 Å². The Bertz CT molecular complexity index is 417. The standard InChI is InChI=1S/C18H30OSi/c1-9-17-10-11-18(12-16(17)8)19-20(13(2)3,14(4)5)15(6)7/h9-10,12-15H,1,8,11H2,2-7H3. The van der Waals surface area contributed by atoms with Crippen molar-refractivity contribution >= 4 is 8.32 Å². The van der Waals surface area contributed by atoms with Crippen LogP contribution in [0.4, 0.5) is 0 Å². The summed E-state index contributed by atoms with van der Waals surface area (Å²) in [6, 6.07) is 0. The van der Waals surface area contributed by atoms with Crippen molar-refractivity contribution in [3.63, 3.8) is 0 Å². The SMILES string of the molecule is C=CC1=CCC(O[Si](C(C)C)(C(C)C)C(C)C)=CC1=C. The molecular formula is C18H30OSi. The largest absolute Gasteiger partial charge is 0.545 e. The van der Waals surface area contributed by atoms with E-state index in [1.807, 2.05) is 6.08 Å². The molecule has 1 aliphatic carbocycles. The van der Waals surface area contributed by atoms with Crippen LogP contribution in [-0.4, -0.2) is 8.32 Å². The van der Waals surface area contributed by atoms with Crippen LogP contribution in [0.1, 0.15) is 48.0 Å². The summed E-state index contributed by atoms with van der Waals surface area (Å²) < 4.78 is 6.69. The summed E-state index contributed by atoms with van der Waals surface area (Å²) in [6.45, 7) is 21.8. The number of allylic oxidation sites excluding steroid dienone is 5. The summed E-state index contributed by atoms with van der Waals surface area (Å²) in [5, 5.41) is 0. The highest BCUT2D eigenvalue weighted by molar-refractivity contribution is 6.77. The highest BCUT2D eigenvalue weighted by atomic mass is 28.4. The summed E-state index contributed by atoms with van der Waals surface area (Å²) in [5.74, 6) is 1.09. The molecule has 0 saturated carbocycles. The Morgan fingerprint density at radius 3 is 1.95 bits per heavy atom. The smallest absolute Gasteiger partial charge is 0.258 e. The van der Waals surface area contributed by atoms with Crippen molar-refractivity contribution in [1.82, 2.24) is 0 Å². The summed E-state index contributed by atoms with van der Waals surface area (Å²) in [5.41, 5.74) is 3.94. The molecule has 0 unspecified atom stereocenters. The van der Waals surface area contributed by atoms with Gasteiger partial charge in [0.15, 0.2) is 0 Å². The van der Waals surface area contributed by atoms with Crippen molar-refractivity contribution in [3.8, 4) is 0 Å². The maximum Gasteiger partial charge on any atom is 0.258 e. The van der Waals surface area contributed by atoms with Gasteiger partial charge in [-0.3, -0.25) is 0 Å². The fourth-order valence-electron chi connectivity index (χ4n) is 3.54. The second-order valence-electron chi connectivity index (χ2n) is 6.62. The predicted molar refractivity (Wildman–Crippen MR) is 92.3 cm³/mol. The zero-order valence-electron chi connectivity index (χ0n) is 14.0. The van der Waals surface area contributed by atoms with Gasteiger partial charge in [0, 0.05) is 6.42 Å². The van der Waals surface area contributed by atoms with Crippen LogP contribution in [0.5, 0.6) is 0 Å². The molecule has 112 valence electrons. The summed E-state index contributed by atoms with van der Waals surface area (Å²) in [7, 11) is -1.84. The lowest BCUT2D eigenvalue weighted by Gasteiger charge is -2.43. The Hall–Kier alpha value is -1.02. The van der Waals surface area contributed by atoms with Crippen molar-refractivity contribution in [2.45, 2.75) is 64.6 Å².